The Morgan fingerprint density at radius 1 is 1.15 bits per heavy atom. The van der Waals surface area contributed by atoms with Gasteiger partial charge >= 0.3 is 0 Å². The molecule has 8 heteroatoms. The molecule has 0 atom stereocenters. The van der Waals surface area contributed by atoms with Crippen LogP contribution in [0.15, 0.2) is 53.4 Å². The third-order valence-corrected chi connectivity index (χ3v) is 6.88. The van der Waals surface area contributed by atoms with E-state index in [1.807, 2.05) is 35.8 Å². The molecule has 1 aromatic heterocycles. The molecule has 0 aliphatic carbocycles. The molecule has 26 heavy (non-hydrogen) atoms. The van der Waals surface area contributed by atoms with Crippen LogP contribution in [0.2, 0.25) is 0 Å². The van der Waals surface area contributed by atoms with Crippen LogP contribution in [0.3, 0.4) is 0 Å². The molecule has 1 amide bonds. The Morgan fingerprint density at radius 2 is 1.88 bits per heavy atom. The Balaban J connectivity index is 1.82. The summed E-state index contributed by atoms with van der Waals surface area (Å²) in [6, 6.07) is 14.2. The quantitative estimate of drug-likeness (QED) is 0.680. The van der Waals surface area contributed by atoms with Gasteiger partial charge in [0.1, 0.15) is 4.70 Å². The van der Waals surface area contributed by atoms with Gasteiger partial charge in [0.15, 0.2) is 0 Å². The fraction of sp³-hybridized carbons (Fsp3) is 0.222. The van der Waals surface area contributed by atoms with Crippen LogP contribution in [-0.2, 0) is 21.4 Å². The van der Waals surface area contributed by atoms with Crippen molar-refractivity contribution in [2.24, 2.45) is 0 Å². The van der Waals surface area contributed by atoms with Gasteiger partial charge in [-0.1, -0.05) is 29.5 Å². The number of carbonyl (C=O) groups excluding carboxylic acids is 1. The Hall–Kier alpha value is -2.29. The SMILES string of the molecule is Cc1sc2ccccc2[n+]1CC(=O)Nc1cccc(S(=O)(=O)N(C)C)c1. The molecule has 0 saturated heterocycles. The van der Waals surface area contributed by atoms with Crippen LogP contribution in [0.25, 0.3) is 10.2 Å². The van der Waals surface area contributed by atoms with Crippen molar-refractivity contribution in [2.75, 3.05) is 19.4 Å². The molecule has 0 radical (unpaired) electrons. The molecule has 0 bridgehead atoms. The third kappa shape index (κ3) is 3.62. The molecule has 136 valence electrons. The Bertz CT molecular complexity index is 1070. The van der Waals surface area contributed by atoms with E-state index in [9.17, 15) is 13.2 Å². The van der Waals surface area contributed by atoms with E-state index in [1.165, 1.54) is 26.2 Å². The summed E-state index contributed by atoms with van der Waals surface area (Å²) in [6.45, 7) is 2.14. The van der Waals surface area contributed by atoms with Crippen molar-refractivity contribution in [1.29, 1.82) is 0 Å². The summed E-state index contributed by atoms with van der Waals surface area (Å²) in [4.78, 5) is 12.6. The topological polar surface area (TPSA) is 70.4 Å². The molecule has 3 aromatic rings. The summed E-state index contributed by atoms with van der Waals surface area (Å²) >= 11 is 1.63. The number of amides is 1. The number of aromatic nitrogens is 1. The third-order valence-electron chi connectivity index (χ3n) is 3.99. The molecule has 2 aromatic carbocycles. The molecule has 0 spiro atoms. The van der Waals surface area contributed by atoms with E-state index in [1.54, 1.807) is 23.5 Å². The van der Waals surface area contributed by atoms with Crippen LogP contribution in [0.1, 0.15) is 5.01 Å². The molecule has 6 nitrogen and oxygen atoms in total. The molecule has 3 rings (SSSR count). The summed E-state index contributed by atoms with van der Waals surface area (Å²) in [5.74, 6) is -0.207. The van der Waals surface area contributed by atoms with Gasteiger partial charge in [-0.3, -0.25) is 4.79 Å². The molecule has 0 fully saturated rings. The lowest BCUT2D eigenvalue weighted by Gasteiger charge is -2.12. The number of hydrogen-bond acceptors (Lipinski definition) is 4. The summed E-state index contributed by atoms with van der Waals surface area (Å²) in [7, 11) is -0.594. The lowest BCUT2D eigenvalue weighted by molar-refractivity contribution is -0.659. The van der Waals surface area contributed by atoms with E-state index in [4.69, 9.17) is 0 Å². The molecule has 1 heterocycles. The van der Waals surface area contributed by atoms with Crippen molar-refractivity contribution >= 4 is 43.2 Å². The van der Waals surface area contributed by atoms with Crippen LogP contribution in [-0.4, -0.2) is 32.7 Å². The number of thiazole rings is 1. The van der Waals surface area contributed by atoms with E-state index in [2.05, 4.69) is 5.32 Å². The minimum atomic E-state index is -3.54. The van der Waals surface area contributed by atoms with Crippen molar-refractivity contribution in [1.82, 2.24) is 4.31 Å². The lowest BCUT2D eigenvalue weighted by Crippen LogP contribution is -2.41. The highest BCUT2D eigenvalue weighted by atomic mass is 32.2. The normalized spacial score (nSPS) is 11.8. The minimum Gasteiger partial charge on any atom is -0.321 e. The predicted molar refractivity (Wildman–Crippen MR) is 103 cm³/mol. The van der Waals surface area contributed by atoms with E-state index in [-0.39, 0.29) is 17.3 Å². The van der Waals surface area contributed by atoms with Gasteiger partial charge < -0.3 is 5.32 Å². The van der Waals surface area contributed by atoms with Crippen molar-refractivity contribution in [3.63, 3.8) is 0 Å². The number of benzene rings is 2. The van der Waals surface area contributed by atoms with Gasteiger partial charge in [0.05, 0.1) is 4.90 Å². The van der Waals surface area contributed by atoms with Crippen molar-refractivity contribution in [3.8, 4) is 0 Å². The molecule has 1 N–H and O–H groups in total. The number of hydrogen-bond donors (Lipinski definition) is 1. The second-order valence-corrected chi connectivity index (χ2v) is 9.42. The highest BCUT2D eigenvalue weighted by Crippen LogP contribution is 2.20. The van der Waals surface area contributed by atoms with Crippen LogP contribution in [0, 0.1) is 6.92 Å². The first-order chi connectivity index (χ1) is 12.3. The zero-order valence-corrected chi connectivity index (χ0v) is 16.4. The summed E-state index contributed by atoms with van der Waals surface area (Å²) in [6.07, 6.45) is 0. The minimum absolute atomic E-state index is 0.144. The number of aryl methyl sites for hydroxylation is 1. The lowest BCUT2D eigenvalue weighted by atomic mass is 10.3. The van der Waals surface area contributed by atoms with E-state index >= 15 is 0 Å². The number of para-hydroxylation sites is 1. The van der Waals surface area contributed by atoms with Gasteiger partial charge in [0.2, 0.25) is 27.1 Å². The number of nitrogens with one attached hydrogen (secondary N) is 1. The van der Waals surface area contributed by atoms with E-state index < -0.39 is 10.0 Å². The van der Waals surface area contributed by atoms with Gasteiger partial charge in [0, 0.05) is 32.8 Å². The Kier molecular flexibility index (Phi) is 5.08. The molecule has 0 saturated carbocycles. The molecule has 0 aliphatic rings. The number of nitrogens with zero attached hydrogens (tertiary/aromatic N) is 2. The van der Waals surface area contributed by atoms with Gasteiger partial charge in [0.25, 0.3) is 5.91 Å². The average molecular weight is 391 g/mol. The predicted octanol–water partition coefficient (Wildman–Crippen LogP) is 2.39. The van der Waals surface area contributed by atoms with Crippen molar-refractivity contribution in [2.45, 2.75) is 18.4 Å². The van der Waals surface area contributed by atoms with Gasteiger partial charge in [-0.05, 0) is 24.3 Å². The highest BCUT2D eigenvalue weighted by molar-refractivity contribution is 7.89. The monoisotopic (exact) mass is 390 g/mol. The van der Waals surface area contributed by atoms with Crippen LogP contribution in [0.5, 0.6) is 0 Å². The Morgan fingerprint density at radius 3 is 2.62 bits per heavy atom. The van der Waals surface area contributed by atoms with Crippen LogP contribution < -0.4 is 9.88 Å². The highest BCUT2D eigenvalue weighted by Gasteiger charge is 2.21. The fourth-order valence-electron chi connectivity index (χ4n) is 2.64. The second kappa shape index (κ2) is 7.14. The van der Waals surface area contributed by atoms with E-state index in [0.717, 1.165) is 19.5 Å². The molecule has 0 aliphatic heterocycles. The number of carbonyl (C=O) groups is 1. The zero-order chi connectivity index (χ0) is 18.9. The van der Waals surface area contributed by atoms with Gasteiger partial charge in [-0.2, -0.15) is 4.57 Å². The maximum absolute atomic E-state index is 12.5. The second-order valence-electron chi connectivity index (χ2n) is 6.04. The first-order valence-electron chi connectivity index (χ1n) is 7.99. The maximum atomic E-state index is 12.5. The zero-order valence-electron chi connectivity index (χ0n) is 14.8. The van der Waals surface area contributed by atoms with Gasteiger partial charge in [-0.15, -0.1) is 0 Å². The molecule has 0 unspecified atom stereocenters. The van der Waals surface area contributed by atoms with Crippen molar-refractivity contribution < 1.29 is 17.8 Å². The first-order valence-corrected chi connectivity index (χ1v) is 10.2. The number of fused-ring (bicyclic) bond motifs is 1. The molecular formula is C18H20N3O3S2+. The van der Waals surface area contributed by atoms with Crippen molar-refractivity contribution in [3.05, 3.63) is 53.5 Å². The van der Waals surface area contributed by atoms with Gasteiger partial charge in [-0.25, -0.2) is 12.7 Å². The largest absolute Gasteiger partial charge is 0.321 e. The maximum Gasteiger partial charge on any atom is 0.290 e. The standard InChI is InChI=1S/C18H19N3O3S2/c1-13-21(16-9-4-5-10-17(16)25-13)12-18(22)19-14-7-6-8-15(11-14)26(23,24)20(2)3/h4-11H,12H2,1-3H3/p+1. The first kappa shape index (κ1) is 18.5. The average Bonchev–Trinajstić information content (AvgIpc) is 2.90. The smallest absolute Gasteiger partial charge is 0.290 e. The fourth-order valence-corrected chi connectivity index (χ4v) is 4.60. The number of sulfonamides is 1. The van der Waals surface area contributed by atoms with Crippen LogP contribution in [0.4, 0.5) is 5.69 Å². The summed E-state index contributed by atoms with van der Waals surface area (Å²) in [5, 5.41) is 3.82. The summed E-state index contributed by atoms with van der Waals surface area (Å²) in [5.41, 5.74) is 1.46. The number of rotatable bonds is 5. The molecular weight excluding hydrogens is 370 g/mol. The van der Waals surface area contributed by atoms with Crippen LogP contribution >= 0.6 is 11.3 Å². The Labute approximate surface area is 156 Å². The van der Waals surface area contributed by atoms with E-state index in [0.29, 0.717) is 5.69 Å². The summed E-state index contributed by atoms with van der Waals surface area (Å²) < 4.78 is 28.7. The number of anilines is 1.